The lowest BCUT2D eigenvalue weighted by Gasteiger charge is -2.30. The van der Waals surface area contributed by atoms with Crippen LogP contribution in [0.2, 0.25) is 0 Å². The molecule has 1 N–H and O–H groups in total. The number of fused-ring (bicyclic) bond motifs is 1. The number of hydrogen-bond donors (Lipinski definition) is 1. The number of benzene rings is 1. The van der Waals surface area contributed by atoms with Gasteiger partial charge in [0.15, 0.2) is 0 Å². The van der Waals surface area contributed by atoms with Gasteiger partial charge in [0, 0.05) is 18.7 Å². The molecule has 2 aliphatic heterocycles. The molecule has 5 nitrogen and oxygen atoms in total. The molecule has 0 radical (unpaired) electrons. The number of aliphatic imine (C=N–C) groups is 1. The van der Waals surface area contributed by atoms with E-state index < -0.39 is 10.0 Å². The van der Waals surface area contributed by atoms with Gasteiger partial charge in [-0.3, -0.25) is 9.71 Å². The normalized spacial score (nSPS) is 23.4. The van der Waals surface area contributed by atoms with Gasteiger partial charge in [-0.2, -0.15) is 0 Å². The first-order valence-corrected chi connectivity index (χ1v) is 9.51. The molecule has 0 aromatic heterocycles. The molecule has 2 aliphatic rings. The van der Waals surface area contributed by atoms with E-state index in [1.807, 2.05) is 12.1 Å². The Kier molecular flexibility index (Phi) is 4.49. The minimum absolute atomic E-state index is 0.210. The summed E-state index contributed by atoms with van der Waals surface area (Å²) in [5.74, 6) is 0.516. The molecule has 0 amide bonds. The Morgan fingerprint density at radius 2 is 2.00 bits per heavy atom. The number of hydrogen-bond acceptors (Lipinski definition) is 4. The van der Waals surface area contributed by atoms with E-state index in [1.54, 1.807) is 12.1 Å². The van der Waals surface area contributed by atoms with Gasteiger partial charge in [-0.25, -0.2) is 8.42 Å². The number of piperidine rings is 1. The average Bonchev–Trinajstić information content (AvgIpc) is 2.78. The summed E-state index contributed by atoms with van der Waals surface area (Å²) in [5, 5.41) is 0. The van der Waals surface area contributed by atoms with E-state index in [0.29, 0.717) is 16.3 Å². The number of unbranched alkanes of at least 4 members (excludes halogenated alkanes) is 1. The molecule has 1 saturated heterocycles. The van der Waals surface area contributed by atoms with Crippen LogP contribution in [-0.2, 0) is 10.0 Å². The van der Waals surface area contributed by atoms with Crippen LogP contribution in [0.1, 0.15) is 38.2 Å². The molecular formula is C16H23N3O2S. The zero-order valence-electron chi connectivity index (χ0n) is 13.0. The predicted octanol–water partition coefficient (Wildman–Crippen LogP) is 1.99. The van der Waals surface area contributed by atoms with Gasteiger partial charge in [0.1, 0.15) is 5.84 Å². The fourth-order valence-corrected chi connectivity index (χ4v) is 4.31. The Labute approximate surface area is 132 Å². The molecule has 1 aromatic rings. The Bertz CT molecular complexity index is 662. The molecule has 1 fully saturated rings. The topological polar surface area (TPSA) is 61.8 Å². The van der Waals surface area contributed by atoms with Crippen LogP contribution in [0.15, 0.2) is 34.2 Å². The van der Waals surface area contributed by atoms with Crippen molar-refractivity contribution in [2.45, 2.75) is 43.5 Å². The highest BCUT2D eigenvalue weighted by molar-refractivity contribution is 7.90. The molecule has 6 heteroatoms. The minimum atomic E-state index is -3.42. The SMILES string of the molecule is CCCCN1CCC(N=C2NS(=O)(=O)c3ccccc32)CC1. The third kappa shape index (κ3) is 3.17. The smallest absolute Gasteiger partial charge is 0.263 e. The Morgan fingerprint density at radius 3 is 2.73 bits per heavy atom. The second-order valence-electron chi connectivity index (χ2n) is 6.01. The lowest BCUT2D eigenvalue weighted by molar-refractivity contribution is 0.211. The third-order valence-corrected chi connectivity index (χ3v) is 5.76. The minimum Gasteiger partial charge on any atom is -0.303 e. The van der Waals surface area contributed by atoms with E-state index in [1.165, 1.54) is 12.8 Å². The summed E-state index contributed by atoms with van der Waals surface area (Å²) < 4.78 is 26.7. The fourth-order valence-electron chi connectivity index (χ4n) is 3.07. The van der Waals surface area contributed by atoms with Gasteiger partial charge in [0.25, 0.3) is 10.0 Å². The van der Waals surface area contributed by atoms with Crippen LogP contribution in [0.3, 0.4) is 0 Å². The van der Waals surface area contributed by atoms with Crippen LogP contribution in [-0.4, -0.2) is 44.8 Å². The summed E-state index contributed by atoms with van der Waals surface area (Å²) in [6.07, 6.45) is 4.46. The van der Waals surface area contributed by atoms with Gasteiger partial charge in [0.2, 0.25) is 0 Å². The van der Waals surface area contributed by atoms with Gasteiger partial charge in [0.05, 0.1) is 10.9 Å². The van der Waals surface area contributed by atoms with Crippen molar-refractivity contribution < 1.29 is 8.42 Å². The van der Waals surface area contributed by atoms with Crippen LogP contribution in [0.5, 0.6) is 0 Å². The molecule has 120 valence electrons. The first kappa shape index (κ1) is 15.5. The molecule has 0 saturated carbocycles. The van der Waals surface area contributed by atoms with Gasteiger partial charge >= 0.3 is 0 Å². The quantitative estimate of drug-likeness (QED) is 0.922. The van der Waals surface area contributed by atoms with E-state index in [4.69, 9.17) is 0 Å². The van der Waals surface area contributed by atoms with Crippen molar-refractivity contribution in [3.63, 3.8) is 0 Å². The average molecular weight is 321 g/mol. The lowest BCUT2D eigenvalue weighted by Crippen LogP contribution is -2.36. The largest absolute Gasteiger partial charge is 0.303 e. The molecule has 0 unspecified atom stereocenters. The summed E-state index contributed by atoms with van der Waals surface area (Å²) in [6.45, 7) is 5.48. The van der Waals surface area contributed by atoms with Crippen LogP contribution in [0.4, 0.5) is 0 Å². The highest BCUT2D eigenvalue weighted by Gasteiger charge is 2.31. The Balaban J connectivity index is 1.70. The molecule has 2 heterocycles. The van der Waals surface area contributed by atoms with Crippen LogP contribution in [0.25, 0.3) is 0 Å². The monoisotopic (exact) mass is 321 g/mol. The number of amidine groups is 1. The summed E-state index contributed by atoms with van der Waals surface area (Å²) in [6, 6.07) is 7.26. The zero-order chi connectivity index (χ0) is 15.6. The van der Waals surface area contributed by atoms with Crippen molar-refractivity contribution in [3.8, 4) is 0 Å². The number of likely N-dealkylation sites (tertiary alicyclic amines) is 1. The summed E-state index contributed by atoms with van der Waals surface area (Å²) in [4.78, 5) is 7.51. The molecule has 3 rings (SSSR count). The lowest BCUT2D eigenvalue weighted by atomic mass is 10.0. The highest BCUT2D eigenvalue weighted by atomic mass is 32.2. The molecule has 0 atom stereocenters. The fraction of sp³-hybridized carbons (Fsp3) is 0.562. The first-order chi connectivity index (χ1) is 10.6. The molecule has 22 heavy (non-hydrogen) atoms. The number of rotatable bonds is 4. The van der Waals surface area contributed by atoms with E-state index in [2.05, 4.69) is 21.5 Å². The van der Waals surface area contributed by atoms with Gasteiger partial charge in [-0.15, -0.1) is 0 Å². The van der Waals surface area contributed by atoms with Crippen molar-refractivity contribution >= 4 is 15.9 Å². The van der Waals surface area contributed by atoms with Crippen molar-refractivity contribution in [1.29, 1.82) is 0 Å². The predicted molar refractivity (Wildman–Crippen MR) is 87.7 cm³/mol. The van der Waals surface area contributed by atoms with Gasteiger partial charge in [-0.1, -0.05) is 25.5 Å². The second-order valence-corrected chi connectivity index (χ2v) is 7.66. The standard InChI is InChI=1S/C16H23N3O2S/c1-2-3-10-19-11-8-13(9-12-19)17-16-14-6-4-5-7-15(14)22(20,21)18-16/h4-7,13H,2-3,8-12H2,1H3,(H,17,18). The molecular weight excluding hydrogens is 298 g/mol. The zero-order valence-corrected chi connectivity index (χ0v) is 13.8. The summed E-state index contributed by atoms with van der Waals surface area (Å²) >= 11 is 0. The maximum atomic E-state index is 12.1. The first-order valence-electron chi connectivity index (χ1n) is 8.02. The second kappa shape index (κ2) is 6.38. The van der Waals surface area contributed by atoms with Crippen molar-refractivity contribution in [3.05, 3.63) is 29.8 Å². The highest BCUT2D eigenvalue weighted by Crippen LogP contribution is 2.24. The molecule has 0 bridgehead atoms. The number of sulfonamides is 1. The van der Waals surface area contributed by atoms with Crippen molar-refractivity contribution in [2.75, 3.05) is 19.6 Å². The Hall–Kier alpha value is -1.40. The number of nitrogens with one attached hydrogen (secondary N) is 1. The molecule has 1 aromatic carbocycles. The summed E-state index contributed by atoms with van der Waals surface area (Å²) in [7, 11) is -3.42. The molecule has 0 spiro atoms. The van der Waals surface area contributed by atoms with E-state index >= 15 is 0 Å². The summed E-state index contributed by atoms with van der Waals surface area (Å²) in [5.41, 5.74) is 0.705. The van der Waals surface area contributed by atoms with Crippen LogP contribution in [0, 0.1) is 0 Å². The van der Waals surface area contributed by atoms with Crippen molar-refractivity contribution in [1.82, 2.24) is 9.62 Å². The van der Waals surface area contributed by atoms with E-state index in [0.717, 1.165) is 32.5 Å². The maximum absolute atomic E-state index is 12.1. The van der Waals surface area contributed by atoms with Crippen molar-refractivity contribution in [2.24, 2.45) is 4.99 Å². The van der Waals surface area contributed by atoms with Crippen LogP contribution < -0.4 is 4.72 Å². The number of nitrogens with zero attached hydrogens (tertiary/aromatic N) is 2. The Morgan fingerprint density at radius 1 is 1.27 bits per heavy atom. The maximum Gasteiger partial charge on any atom is 0.263 e. The van der Waals surface area contributed by atoms with E-state index in [-0.39, 0.29) is 6.04 Å². The van der Waals surface area contributed by atoms with Gasteiger partial charge < -0.3 is 4.90 Å². The molecule has 0 aliphatic carbocycles. The van der Waals surface area contributed by atoms with Crippen LogP contribution >= 0.6 is 0 Å². The van der Waals surface area contributed by atoms with Gasteiger partial charge in [-0.05, 0) is 37.9 Å². The third-order valence-electron chi connectivity index (χ3n) is 4.36. The van der Waals surface area contributed by atoms with E-state index in [9.17, 15) is 8.42 Å².